The summed E-state index contributed by atoms with van der Waals surface area (Å²) in [6, 6.07) is 7.00. The first-order chi connectivity index (χ1) is 8.19. The fraction of sp³-hybridized carbons (Fsp3) is 0.571. The van der Waals surface area contributed by atoms with Crippen LogP contribution >= 0.6 is 0 Å². The first-order valence-corrected chi connectivity index (χ1v) is 6.36. The molecule has 0 bridgehead atoms. The lowest BCUT2D eigenvalue weighted by Crippen LogP contribution is -2.38. The highest BCUT2D eigenvalue weighted by atomic mass is 16.3. The fourth-order valence-corrected chi connectivity index (χ4v) is 2.89. The van der Waals surface area contributed by atoms with Gasteiger partial charge in [-0.3, -0.25) is 0 Å². The molecule has 4 N–H and O–H groups in total. The van der Waals surface area contributed by atoms with Gasteiger partial charge in [-0.05, 0) is 18.9 Å². The first-order valence-electron chi connectivity index (χ1n) is 6.36. The molecule has 1 saturated carbocycles. The Balaban J connectivity index is 2.28. The Bertz CT molecular complexity index is 372. The van der Waals surface area contributed by atoms with Crippen molar-refractivity contribution in [3.8, 4) is 5.75 Å². The van der Waals surface area contributed by atoms with Crippen LogP contribution in [0.4, 0.5) is 0 Å². The molecule has 2 rings (SSSR count). The number of rotatable bonds is 3. The lowest BCUT2D eigenvalue weighted by molar-refractivity contribution is -0.000673. The molecule has 1 aliphatic carbocycles. The van der Waals surface area contributed by atoms with E-state index < -0.39 is 6.10 Å². The van der Waals surface area contributed by atoms with Gasteiger partial charge in [0.1, 0.15) is 5.75 Å². The van der Waals surface area contributed by atoms with Gasteiger partial charge in [0.05, 0.1) is 6.10 Å². The molecule has 1 aromatic rings. The van der Waals surface area contributed by atoms with E-state index >= 15 is 0 Å². The van der Waals surface area contributed by atoms with Crippen molar-refractivity contribution in [2.24, 2.45) is 11.1 Å². The van der Waals surface area contributed by atoms with Crippen molar-refractivity contribution in [2.45, 2.75) is 38.2 Å². The molecule has 1 unspecified atom stereocenters. The zero-order chi connectivity index (χ0) is 12.3. The van der Waals surface area contributed by atoms with Crippen molar-refractivity contribution in [1.82, 2.24) is 0 Å². The molecule has 1 aliphatic rings. The zero-order valence-corrected chi connectivity index (χ0v) is 10.1. The Kier molecular flexibility index (Phi) is 3.69. The van der Waals surface area contributed by atoms with E-state index in [0.717, 1.165) is 25.7 Å². The number of aliphatic hydroxyl groups excluding tert-OH is 1. The van der Waals surface area contributed by atoms with Crippen LogP contribution in [0.2, 0.25) is 0 Å². The number of hydrogen-bond acceptors (Lipinski definition) is 3. The molecule has 94 valence electrons. The molecule has 0 aromatic heterocycles. The number of phenols is 1. The molecule has 0 radical (unpaired) electrons. The average molecular weight is 235 g/mol. The van der Waals surface area contributed by atoms with E-state index in [0.29, 0.717) is 12.1 Å². The molecule has 0 amide bonds. The highest BCUT2D eigenvalue weighted by Gasteiger charge is 2.39. The second-order valence-corrected chi connectivity index (χ2v) is 5.09. The van der Waals surface area contributed by atoms with Crippen LogP contribution in [0, 0.1) is 5.41 Å². The van der Waals surface area contributed by atoms with E-state index in [9.17, 15) is 10.2 Å². The average Bonchev–Trinajstić information content (AvgIpc) is 2.39. The molecule has 3 nitrogen and oxygen atoms in total. The Labute approximate surface area is 102 Å². The van der Waals surface area contributed by atoms with Gasteiger partial charge in [-0.15, -0.1) is 0 Å². The minimum atomic E-state index is -0.658. The molecular weight excluding hydrogens is 214 g/mol. The number of benzene rings is 1. The molecular formula is C14H21NO2. The van der Waals surface area contributed by atoms with E-state index in [1.807, 2.05) is 6.07 Å². The van der Waals surface area contributed by atoms with E-state index in [4.69, 9.17) is 5.73 Å². The highest BCUT2D eigenvalue weighted by molar-refractivity contribution is 5.35. The van der Waals surface area contributed by atoms with Gasteiger partial charge in [-0.1, -0.05) is 37.5 Å². The van der Waals surface area contributed by atoms with Crippen molar-refractivity contribution < 1.29 is 10.2 Å². The summed E-state index contributed by atoms with van der Waals surface area (Å²) >= 11 is 0. The Morgan fingerprint density at radius 1 is 1.18 bits per heavy atom. The highest BCUT2D eigenvalue weighted by Crippen LogP contribution is 2.46. The summed E-state index contributed by atoms with van der Waals surface area (Å²) in [4.78, 5) is 0. The Hall–Kier alpha value is -1.06. The van der Waals surface area contributed by atoms with Crippen molar-refractivity contribution in [3.63, 3.8) is 0 Å². The van der Waals surface area contributed by atoms with Crippen LogP contribution < -0.4 is 5.73 Å². The molecule has 1 atom stereocenters. The predicted molar refractivity (Wildman–Crippen MR) is 67.6 cm³/mol. The largest absolute Gasteiger partial charge is 0.508 e. The normalized spacial score (nSPS) is 21.1. The van der Waals surface area contributed by atoms with Gasteiger partial charge in [0.25, 0.3) is 0 Å². The minimum Gasteiger partial charge on any atom is -0.508 e. The fourth-order valence-electron chi connectivity index (χ4n) is 2.89. The number of aromatic hydroxyl groups is 1. The third-order valence-electron chi connectivity index (χ3n) is 4.07. The van der Waals surface area contributed by atoms with Gasteiger partial charge in [-0.2, -0.15) is 0 Å². The van der Waals surface area contributed by atoms with E-state index in [1.165, 1.54) is 6.42 Å². The maximum Gasteiger partial charge on any atom is 0.121 e. The molecule has 0 saturated heterocycles. The maximum atomic E-state index is 10.5. The predicted octanol–water partition coefficient (Wildman–Crippen LogP) is 2.33. The van der Waals surface area contributed by atoms with Crippen LogP contribution in [0.1, 0.15) is 43.8 Å². The molecule has 3 heteroatoms. The number of para-hydroxylation sites is 1. The zero-order valence-electron chi connectivity index (χ0n) is 10.1. The molecule has 0 aliphatic heterocycles. The summed E-state index contributed by atoms with van der Waals surface area (Å²) in [6.45, 7) is 0.475. The van der Waals surface area contributed by atoms with Crippen molar-refractivity contribution in [1.29, 1.82) is 0 Å². The topological polar surface area (TPSA) is 66.5 Å². The second kappa shape index (κ2) is 5.07. The van der Waals surface area contributed by atoms with Crippen molar-refractivity contribution >= 4 is 0 Å². The molecule has 1 fully saturated rings. The van der Waals surface area contributed by atoms with E-state index in [2.05, 4.69) is 0 Å². The number of nitrogens with two attached hydrogens (primary N) is 1. The smallest absolute Gasteiger partial charge is 0.121 e. The number of phenolic OH excluding ortho intramolecular Hbond substituents is 1. The van der Waals surface area contributed by atoms with Crippen LogP contribution in [-0.2, 0) is 0 Å². The molecule has 1 aromatic carbocycles. The van der Waals surface area contributed by atoms with Gasteiger partial charge in [0.2, 0.25) is 0 Å². The summed E-state index contributed by atoms with van der Waals surface area (Å²) in [7, 11) is 0. The van der Waals surface area contributed by atoms with Gasteiger partial charge in [-0.25, -0.2) is 0 Å². The monoisotopic (exact) mass is 235 g/mol. The quantitative estimate of drug-likeness (QED) is 0.753. The summed E-state index contributed by atoms with van der Waals surface area (Å²) in [5.41, 5.74) is 6.24. The number of aliphatic hydroxyl groups is 1. The van der Waals surface area contributed by atoms with Crippen LogP contribution in [0.25, 0.3) is 0 Å². The second-order valence-electron chi connectivity index (χ2n) is 5.09. The minimum absolute atomic E-state index is 0.165. The first kappa shape index (κ1) is 12.4. The van der Waals surface area contributed by atoms with Gasteiger partial charge >= 0.3 is 0 Å². The lowest BCUT2D eigenvalue weighted by atomic mass is 9.68. The van der Waals surface area contributed by atoms with Crippen LogP contribution in [-0.4, -0.2) is 16.8 Å². The maximum absolute atomic E-state index is 10.5. The van der Waals surface area contributed by atoms with Gasteiger partial charge in [0.15, 0.2) is 0 Å². The molecule has 0 heterocycles. The standard InChI is InChI=1S/C14H21NO2/c15-10-14(8-4-1-5-9-14)13(17)11-6-2-3-7-12(11)16/h2-3,6-7,13,16-17H,1,4-5,8-10,15H2. The Morgan fingerprint density at radius 3 is 2.41 bits per heavy atom. The molecule has 17 heavy (non-hydrogen) atoms. The van der Waals surface area contributed by atoms with Crippen LogP contribution in [0.3, 0.4) is 0 Å². The summed E-state index contributed by atoms with van der Waals surface area (Å²) in [5.74, 6) is 0.165. The summed E-state index contributed by atoms with van der Waals surface area (Å²) in [6.07, 6.45) is 4.67. The SMILES string of the molecule is NCC1(C(O)c2ccccc2O)CCCCC1. The summed E-state index contributed by atoms with van der Waals surface area (Å²) < 4.78 is 0. The number of hydrogen-bond donors (Lipinski definition) is 3. The Morgan fingerprint density at radius 2 is 1.82 bits per heavy atom. The third-order valence-corrected chi connectivity index (χ3v) is 4.07. The molecule has 0 spiro atoms. The van der Waals surface area contributed by atoms with Gasteiger partial charge in [0, 0.05) is 17.5 Å². The third kappa shape index (κ3) is 2.31. The van der Waals surface area contributed by atoms with Crippen molar-refractivity contribution in [2.75, 3.05) is 6.54 Å². The van der Waals surface area contributed by atoms with Crippen molar-refractivity contribution in [3.05, 3.63) is 29.8 Å². The summed E-state index contributed by atoms with van der Waals surface area (Å²) in [5, 5.41) is 20.4. The van der Waals surface area contributed by atoms with Crippen LogP contribution in [0.5, 0.6) is 5.75 Å². The van der Waals surface area contributed by atoms with E-state index in [1.54, 1.807) is 18.2 Å². The van der Waals surface area contributed by atoms with Gasteiger partial charge < -0.3 is 15.9 Å². The van der Waals surface area contributed by atoms with E-state index in [-0.39, 0.29) is 11.2 Å². The lowest BCUT2D eigenvalue weighted by Gasteiger charge is -2.40. The van der Waals surface area contributed by atoms with Crippen LogP contribution in [0.15, 0.2) is 24.3 Å².